The number of hydrogen-bond donors (Lipinski definition) is 3. The molecule has 6 atom stereocenters. The molecule has 3 rings (SSSR count). The summed E-state index contributed by atoms with van der Waals surface area (Å²) < 4.78 is 6.67. The minimum absolute atomic E-state index is 0.0351. The summed E-state index contributed by atoms with van der Waals surface area (Å²) in [6.07, 6.45) is 18.7. The SMILES string of the molecule is CCCCO[C@@]12CC[C@H](O)[C@@H](/C=C/C(O)C3CCCCC3)[C@@H]1C(CCCC)C2=CCCC(=O)O. The van der Waals surface area contributed by atoms with Crippen molar-refractivity contribution < 1.29 is 24.9 Å². The molecule has 0 bridgehead atoms. The predicted molar refractivity (Wildman–Crippen MR) is 136 cm³/mol. The Bertz CT molecular complexity index is 695. The van der Waals surface area contributed by atoms with Gasteiger partial charge < -0.3 is 20.1 Å². The molecule has 3 fully saturated rings. The van der Waals surface area contributed by atoms with Gasteiger partial charge >= 0.3 is 5.97 Å². The van der Waals surface area contributed by atoms with E-state index in [1.807, 2.05) is 6.08 Å². The Morgan fingerprint density at radius 3 is 2.56 bits per heavy atom. The maximum Gasteiger partial charge on any atom is 0.303 e. The quantitative estimate of drug-likeness (QED) is 0.223. The first kappa shape index (κ1) is 27.4. The number of ether oxygens (including phenoxy) is 1. The molecule has 34 heavy (non-hydrogen) atoms. The second kappa shape index (κ2) is 13.2. The van der Waals surface area contributed by atoms with E-state index < -0.39 is 23.8 Å². The molecular weight excluding hydrogens is 428 g/mol. The summed E-state index contributed by atoms with van der Waals surface area (Å²) in [6.45, 7) is 5.06. The molecule has 0 aromatic rings. The molecule has 3 saturated carbocycles. The normalized spacial score (nSPS) is 34.2. The number of carbonyl (C=O) groups is 1. The monoisotopic (exact) mass is 476 g/mol. The van der Waals surface area contributed by atoms with Crippen molar-refractivity contribution in [3.05, 3.63) is 23.8 Å². The van der Waals surface area contributed by atoms with E-state index in [-0.39, 0.29) is 18.3 Å². The molecule has 0 heterocycles. The largest absolute Gasteiger partial charge is 0.481 e. The van der Waals surface area contributed by atoms with Gasteiger partial charge in [0.05, 0.1) is 17.8 Å². The molecule has 3 N–H and O–H groups in total. The summed E-state index contributed by atoms with van der Waals surface area (Å²) in [5, 5.41) is 31.1. The number of fused-ring (bicyclic) bond motifs is 1. The fourth-order valence-electron chi connectivity index (χ4n) is 6.82. The zero-order chi connectivity index (χ0) is 24.6. The summed E-state index contributed by atoms with van der Waals surface area (Å²) in [5.41, 5.74) is 0.886. The number of aliphatic carboxylic acids is 1. The molecule has 0 amide bonds. The van der Waals surface area contributed by atoms with Crippen molar-refractivity contribution in [1.29, 1.82) is 0 Å². The molecular formula is C29H48O5. The Balaban J connectivity index is 1.86. The summed E-state index contributed by atoms with van der Waals surface area (Å²) in [4.78, 5) is 11.2. The van der Waals surface area contributed by atoms with Crippen molar-refractivity contribution in [2.75, 3.05) is 6.61 Å². The van der Waals surface area contributed by atoms with E-state index in [4.69, 9.17) is 4.74 Å². The predicted octanol–water partition coefficient (Wildman–Crippen LogP) is 6.04. The van der Waals surface area contributed by atoms with E-state index in [0.29, 0.717) is 31.3 Å². The van der Waals surface area contributed by atoms with E-state index in [1.54, 1.807) is 0 Å². The number of aliphatic hydroxyl groups excluding tert-OH is 2. The van der Waals surface area contributed by atoms with Gasteiger partial charge in [0.2, 0.25) is 0 Å². The third-order valence-electron chi connectivity index (χ3n) is 8.64. The average Bonchev–Trinajstić information content (AvgIpc) is 2.83. The molecule has 5 heteroatoms. The standard InChI is InChI=1S/C29H48O5/c1-3-5-13-22-24(14-10-15-27(32)33)29(34-20-6-4-2)19-18-26(31)23(28(22)29)16-17-25(30)21-11-8-7-9-12-21/h14,16-17,21-23,25-26,28,30-31H,3-13,15,18-20H2,1-2H3,(H,32,33)/b17-16+,24-14?/t22?,23-,25?,26+,28+,29-/m1/s1. The molecule has 3 aliphatic rings. The number of rotatable bonds is 13. The van der Waals surface area contributed by atoms with Gasteiger partial charge in [0.1, 0.15) is 0 Å². The van der Waals surface area contributed by atoms with Gasteiger partial charge in [0.15, 0.2) is 0 Å². The zero-order valence-electron chi connectivity index (χ0n) is 21.5. The lowest BCUT2D eigenvalue weighted by Crippen LogP contribution is -2.65. The number of hydrogen-bond acceptors (Lipinski definition) is 4. The minimum Gasteiger partial charge on any atom is -0.481 e. The maximum absolute atomic E-state index is 11.2. The molecule has 0 saturated heterocycles. The average molecular weight is 477 g/mol. The zero-order valence-corrected chi connectivity index (χ0v) is 21.5. The second-order valence-corrected chi connectivity index (χ2v) is 10.9. The van der Waals surface area contributed by atoms with Gasteiger partial charge in [0.25, 0.3) is 0 Å². The lowest BCUT2D eigenvalue weighted by atomic mass is 9.47. The van der Waals surface area contributed by atoms with Crippen LogP contribution in [0.4, 0.5) is 0 Å². The van der Waals surface area contributed by atoms with Crippen LogP contribution in [-0.4, -0.2) is 45.7 Å². The van der Waals surface area contributed by atoms with Gasteiger partial charge in [0, 0.05) is 24.9 Å². The van der Waals surface area contributed by atoms with Crippen LogP contribution >= 0.6 is 0 Å². The van der Waals surface area contributed by atoms with Crippen molar-refractivity contribution in [2.45, 2.75) is 122 Å². The lowest BCUT2D eigenvalue weighted by molar-refractivity contribution is -0.185. The highest BCUT2D eigenvalue weighted by Crippen LogP contribution is 2.62. The van der Waals surface area contributed by atoms with Crippen molar-refractivity contribution in [3.8, 4) is 0 Å². The number of allylic oxidation sites excluding steroid dienone is 1. The fourth-order valence-corrected chi connectivity index (χ4v) is 6.82. The van der Waals surface area contributed by atoms with Crippen LogP contribution in [0.25, 0.3) is 0 Å². The maximum atomic E-state index is 11.2. The Hall–Kier alpha value is -1.17. The second-order valence-electron chi connectivity index (χ2n) is 10.9. The number of aliphatic hydroxyl groups is 2. The van der Waals surface area contributed by atoms with Crippen LogP contribution in [0.1, 0.15) is 104 Å². The first-order valence-corrected chi connectivity index (χ1v) is 14.0. The first-order chi connectivity index (χ1) is 16.4. The summed E-state index contributed by atoms with van der Waals surface area (Å²) in [7, 11) is 0. The van der Waals surface area contributed by atoms with E-state index >= 15 is 0 Å². The highest BCUT2D eigenvalue weighted by atomic mass is 16.5. The van der Waals surface area contributed by atoms with Crippen LogP contribution in [0, 0.1) is 23.7 Å². The van der Waals surface area contributed by atoms with Crippen LogP contribution in [0.3, 0.4) is 0 Å². The Kier molecular flexibility index (Phi) is 10.7. The topological polar surface area (TPSA) is 87.0 Å². The van der Waals surface area contributed by atoms with Gasteiger partial charge in [-0.1, -0.05) is 70.6 Å². The minimum atomic E-state index is -0.768. The van der Waals surface area contributed by atoms with Crippen LogP contribution in [0.2, 0.25) is 0 Å². The van der Waals surface area contributed by atoms with E-state index in [0.717, 1.165) is 51.4 Å². The van der Waals surface area contributed by atoms with E-state index in [1.165, 1.54) is 24.8 Å². The van der Waals surface area contributed by atoms with Gasteiger partial charge in [-0.05, 0) is 62.4 Å². The number of carboxylic acid groups (broad SMARTS) is 1. The molecule has 0 aromatic carbocycles. The molecule has 3 aliphatic carbocycles. The summed E-state index contributed by atoms with van der Waals surface area (Å²) in [5.74, 6) is 0.0276. The Morgan fingerprint density at radius 1 is 1.15 bits per heavy atom. The van der Waals surface area contributed by atoms with Crippen LogP contribution in [0.5, 0.6) is 0 Å². The van der Waals surface area contributed by atoms with E-state index in [2.05, 4.69) is 26.0 Å². The molecule has 5 nitrogen and oxygen atoms in total. The van der Waals surface area contributed by atoms with Gasteiger partial charge in [-0.15, -0.1) is 0 Å². The highest BCUT2D eigenvalue weighted by Gasteiger charge is 2.63. The highest BCUT2D eigenvalue weighted by molar-refractivity contribution is 5.66. The first-order valence-electron chi connectivity index (χ1n) is 14.0. The Morgan fingerprint density at radius 2 is 1.88 bits per heavy atom. The van der Waals surface area contributed by atoms with E-state index in [9.17, 15) is 20.1 Å². The van der Waals surface area contributed by atoms with Crippen molar-refractivity contribution in [2.24, 2.45) is 23.7 Å². The van der Waals surface area contributed by atoms with Gasteiger partial charge in [-0.3, -0.25) is 4.79 Å². The van der Waals surface area contributed by atoms with Crippen molar-refractivity contribution >= 4 is 5.97 Å². The number of carboxylic acids is 1. The lowest BCUT2D eigenvalue weighted by Gasteiger charge is -2.63. The Labute approximate surface area is 206 Å². The van der Waals surface area contributed by atoms with Crippen LogP contribution < -0.4 is 0 Å². The molecule has 0 spiro atoms. The summed E-state index contributed by atoms with van der Waals surface area (Å²) in [6, 6.07) is 0. The molecule has 0 radical (unpaired) electrons. The molecule has 0 aliphatic heterocycles. The van der Waals surface area contributed by atoms with Gasteiger partial charge in [-0.2, -0.15) is 0 Å². The fraction of sp³-hybridized carbons (Fsp3) is 0.828. The third-order valence-corrected chi connectivity index (χ3v) is 8.64. The summed E-state index contributed by atoms with van der Waals surface area (Å²) >= 11 is 0. The van der Waals surface area contributed by atoms with Crippen LogP contribution in [-0.2, 0) is 9.53 Å². The molecule has 2 unspecified atom stereocenters. The van der Waals surface area contributed by atoms with Crippen molar-refractivity contribution in [1.82, 2.24) is 0 Å². The van der Waals surface area contributed by atoms with Crippen molar-refractivity contribution in [3.63, 3.8) is 0 Å². The third kappa shape index (κ3) is 6.33. The number of unbranched alkanes of at least 4 members (excludes halogenated alkanes) is 2. The molecule has 0 aromatic heterocycles. The van der Waals surface area contributed by atoms with Crippen LogP contribution in [0.15, 0.2) is 23.8 Å². The van der Waals surface area contributed by atoms with Gasteiger partial charge in [-0.25, -0.2) is 0 Å². The smallest absolute Gasteiger partial charge is 0.303 e. The molecule has 194 valence electrons.